The molecule has 0 aliphatic rings. The van der Waals surface area contributed by atoms with Crippen LogP contribution in [0.5, 0.6) is 0 Å². The van der Waals surface area contributed by atoms with Gasteiger partial charge in [0.25, 0.3) is 5.91 Å². The van der Waals surface area contributed by atoms with Crippen LogP contribution in [-0.2, 0) is 10.8 Å². The molecule has 0 aromatic heterocycles. The predicted molar refractivity (Wildman–Crippen MR) is 66.7 cm³/mol. The molecule has 0 aliphatic carbocycles. The van der Waals surface area contributed by atoms with Gasteiger partial charge in [0.1, 0.15) is 0 Å². The van der Waals surface area contributed by atoms with Crippen molar-refractivity contribution in [2.75, 3.05) is 17.7 Å². The van der Waals surface area contributed by atoms with Crippen molar-refractivity contribution in [1.82, 2.24) is 5.32 Å². The van der Waals surface area contributed by atoms with E-state index in [1.807, 2.05) is 6.92 Å². The van der Waals surface area contributed by atoms with Crippen LogP contribution in [0.4, 0.5) is 5.69 Å². The molecule has 88 valence electrons. The van der Waals surface area contributed by atoms with Gasteiger partial charge in [0.05, 0.1) is 0 Å². The molecule has 2 unspecified atom stereocenters. The standard InChI is InChI=1S/C11H16N2O2S/c1-8(7-16(2)15)13-11(14)9-4-3-5-10(12)6-9/h3-6,8H,7,12H2,1-2H3,(H,13,14). The molecule has 0 spiro atoms. The Hall–Kier alpha value is -1.36. The van der Waals surface area contributed by atoms with Gasteiger partial charge in [0.2, 0.25) is 0 Å². The van der Waals surface area contributed by atoms with E-state index in [-0.39, 0.29) is 11.9 Å². The second kappa shape index (κ2) is 5.65. The van der Waals surface area contributed by atoms with Crippen molar-refractivity contribution < 1.29 is 9.00 Å². The molecule has 0 fully saturated rings. The first-order valence-electron chi connectivity index (χ1n) is 4.95. The van der Waals surface area contributed by atoms with Crippen molar-refractivity contribution in [3.63, 3.8) is 0 Å². The van der Waals surface area contributed by atoms with Gasteiger partial charge < -0.3 is 11.1 Å². The van der Waals surface area contributed by atoms with Crippen LogP contribution in [0, 0.1) is 0 Å². The lowest BCUT2D eigenvalue weighted by Crippen LogP contribution is -2.36. The number of benzene rings is 1. The maximum atomic E-state index is 11.7. The zero-order valence-corrected chi connectivity index (χ0v) is 10.2. The Labute approximate surface area is 97.7 Å². The van der Waals surface area contributed by atoms with Crippen molar-refractivity contribution in [1.29, 1.82) is 0 Å². The van der Waals surface area contributed by atoms with Crippen LogP contribution in [-0.4, -0.2) is 28.2 Å². The van der Waals surface area contributed by atoms with Crippen LogP contribution in [0.15, 0.2) is 24.3 Å². The predicted octanol–water partition coefficient (Wildman–Crippen LogP) is 0.766. The van der Waals surface area contributed by atoms with Crippen LogP contribution in [0.25, 0.3) is 0 Å². The summed E-state index contributed by atoms with van der Waals surface area (Å²) in [5.41, 5.74) is 6.66. The summed E-state index contributed by atoms with van der Waals surface area (Å²) in [7, 11) is -0.912. The van der Waals surface area contributed by atoms with Gasteiger partial charge in [-0.25, -0.2) is 0 Å². The molecule has 0 saturated carbocycles. The second-order valence-corrected chi connectivity index (χ2v) is 5.22. The molecule has 4 nitrogen and oxygen atoms in total. The van der Waals surface area contributed by atoms with E-state index in [1.54, 1.807) is 30.5 Å². The number of rotatable bonds is 4. The van der Waals surface area contributed by atoms with Crippen LogP contribution in [0.1, 0.15) is 17.3 Å². The molecule has 1 amide bonds. The topological polar surface area (TPSA) is 72.2 Å². The van der Waals surface area contributed by atoms with Gasteiger partial charge in [-0.05, 0) is 25.1 Å². The largest absolute Gasteiger partial charge is 0.399 e. The van der Waals surface area contributed by atoms with Crippen molar-refractivity contribution >= 4 is 22.4 Å². The van der Waals surface area contributed by atoms with Crippen molar-refractivity contribution in [3.05, 3.63) is 29.8 Å². The smallest absolute Gasteiger partial charge is 0.251 e. The van der Waals surface area contributed by atoms with Gasteiger partial charge in [-0.3, -0.25) is 9.00 Å². The lowest BCUT2D eigenvalue weighted by Gasteiger charge is -2.12. The highest BCUT2D eigenvalue weighted by Gasteiger charge is 2.10. The van der Waals surface area contributed by atoms with E-state index in [4.69, 9.17) is 5.73 Å². The summed E-state index contributed by atoms with van der Waals surface area (Å²) >= 11 is 0. The zero-order chi connectivity index (χ0) is 12.1. The molecule has 2 atom stereocenters. The third-order valence-electron chi connectivity index (χ3n) is 2.01. The molecule has 1 aromatic rings. The third-order valence-corrected chi connectivity index (χ3v) is 2.98. The summed E-state index contributed by atoms with van der Waals surface area (Å²) in [6, 6.07) is 6.65. The molecule has 0 radical (unpaired) electrons. The van der Waals surface area contributed by atoms with Crippen LogP contribution in [0.2, 0.25) is 0 Å². The summed E-state index contributed by atoms with van der Waals surface area (Å²) in [6.07, 6.45) is 1.61. The number of nitrogen functional groups attached to an aromatic ring is 1. The molecule has 3 N–H and O–H groups in total. The summed E-state index contributed by atoms with van der Waals surface area (Å²) in [6.45, 7) is 1.82. The number of hydrogen-bond acceptors (Lipinski definition) is 3. The molecular formula is C11H16N2O2S. The lowest BCUT2D eigenvalue weighted by atomic mass is 10.2. The van der Waals surface area contributed by atoms with E-state index in [0.29, 0.717) is 17.0 Å². The molecule has 0 heterocycles. The Bertz CT molecular complexity index is 407. The Morgan fingerprint density at radius 3 is 2.81 bits per heavy atom. The van der Waals surface area contributed by atoms with Crippen LogP contribution < -0.4 is 11.1 Å². The molecule has 16 heavy (non-hydrogen) atoms. The first-order chi connectivity index (χ1) is 7.49. The Kier molecular flexibility index (Phi) is 4.49. The molecular weight excluding hydrogens is 224 g/mol. The van der Waals surface area contributed by atoms with Crippen molar-refractivity contribution in [3.8, 4) is 0 Å². The first-order valence-corrected chi connectivity index (χ1v) is 6.68. The minimum atomic E-state index is -0.912. The number of anilines is 1. The normalized spacial score (nSPS) is 14.1. The van der Waals surface area contributed by atoms with Gasteiger partial charge in [-0.15, -0.1) is 0 Å². The fourth-order valence-corrected chi connectivity index (χ4v) is 2.17. The maximum Gasteiger partial charge on any atom is 0.251 e. The minimum Gasteiger partial charge on any atom is -0.399 e. The average molecular weight is 240 g/mol. The fourth-order valence-electron chi connectivity index (χ4n) is 1.38. The third kappa shape index (κ3) is 4.02. The van der Waals surface area contributed by atoms with Crippen LogP contribution in [0.3, 0.4) is 0 Å². The highest BCUT2D eigenvalue weighted by atomic mass is 32.2. The number of carbonyl (C=O) groups is 1. The highest BCUT2D eigenvalue weighted by Crippen LogP contribution is 2.06. The maximum absolute atomic E-state index is 11.7. The summed E-state index contributed by atoms with van der Waals surface area (Å²) in [4.78, 5) is 11.7. The van der Waals surface area contributed by atoms with Gasteiger partial charge >= 0.3 is 0 Å². The molecule has 0 bridgehead atoms. The Morgan fingerprint density at radius 1 is 1.56 bits per heavy atom. The number of nitrogens with one attached hydrogen (secondary N) is 1. The molecule has 1 rings (SSSR count). The van der Waals surface area contributed by atoms with Gasteiger partial charge in [-0.2, -0.15) is 0 Å². The van der Waals surface area contributed by atoms with E-state index < -0.39 is 10.8 Å². The van der Waals surface area contributed by atoms with E-state index >= 15 is 0 Å². The highest BCUT2D eigenvalue weighted by molar-refractivity contribution is 7.84. The number of carbonyl (C=O) groups excluding carboxylic acids is 1. The Balaban J connectivity index is 2.62. The van der Waals surface area contributed by atoms with E-state index in [2.05, 4.69) is 5.32 Å². The summed E-state index contributed by atoms with van der Waals surface area (Å²) in [5, 5.41) is 2.77. The van der Waals surface area contributed by atoms with Gasteiger partial charge in [0, 0.05) is 40.1 Å². The molecule has 1 aromatic carbocycles. The molecule has 0 aliphatic heterocycles. The van der Waals surface area contributed by atoms with Crippen LogP contribution >= 0.6 is 0 Å². The monoisotopic (exact) mass is 240 g/mol. The average Bonchev–Trinajstić information content (AvgIpc) is 2.16. The Morgan fingerprint density at radius 2 is 2.25 bits per heavy atom. The minimum absolute atomic E-state index is 0.111. The quantitative estimate of drug-likeness (QED) is 0.763. The zero-order valence-electron chi connectivity index (χ0n) is 9.40. The van der Waals surface area contributed by atoms with Gasteiger partial charge in [-0.1, -0.05) is 6.07 Å². The van der Waals surface area contributed by atoms with Crippen molar-refractivity contribution in [2.45, 2.75) is 13.0 Å². The molecule has 0 saturated heterocycles. The molecule has 5 heteroatoms. The SMILES string of the molecule is CC(CS(C)=O)NC(=O)c1cccc(N)c1. The van der Waals surface area contributed by atoms with Gasteiger partial charge in [0.15, 0.2) is 0 Å². The lowest BCUT2D eigenvalue weighted by molar-refractivity contribution is 0.0944. The van der Waals surface area contributed by atoms with E-state index in [9.17, 15) is 9.00 Å². The van der Waals surface area contributed by atoms with E-state index in [0.717, 1.165) is 0 Å². The number of amides is 1. The summed E-state index contributed by atoms with van der Waals surface area (Å²) in [5.74, 6) is 0.263. The number of hydrogen-bond donors (Lipinski definition) is 2. The fraction of sp³-hybridized carbons (Fsp3) is 0.364. The first kappa shape index (κ1) is 12.7. The summed E-state index contributed by atoms with van der Waals surface area (Å²) < 4.78 is 11.0. The van der Waals surface area contributed by atoms with Crippen molar-refractivity contribution in [2.24, 2.45) is 0 Å². The second-order valence-electron chi connectivity index (χ2n) is 3.74. The number of nitrogens with two attached hydrogens (primary N) is 1. The van der Waals surface area contributed by atoms with E-state index in [1.165, 1.54) is 0 Å².